The fraction of sp³-hybridized carbons (Fsp3) is 0.250. The zero-order valence-electron chi connectivity index (χ0n) is 7.11. The molecule has 0 heterocycles. The fourth-order valence-corrected chi connectivity index (χ4v) is 1.13. The second kappa shape index (κ2) is 5.99. The van der Waals surface area contributed by atoms with E-state index >= 15 is 0 Å². The number of nitrogens with zero attached hydrogens (tertiary/aromatic N) is 2. The summed E-state index contributed by atoms with van der Waals surface area (Å²) in [5.74, 6) is 0.163. The molecule has 4 nitrogen and oxygen atoms in total. The summed E-state index contributed by atoms with van der Waals surface area (Å²) >= 11 is 1.29. The average Bonchev–Trinajstić information content (AvgIpc) is 2.11. The van der Waals surface area contributed by atoms with Gasteiger partial charge >= 0.3 is 0 Å². The van der Waals surface area contributed by atoms with Gasteiger partial charge in [-0.05, 0) is 11.8 Å². The lowest BCUT2D eigenvalue weighted by Gasteiger charge is -1.94. The van der Waals surface area contributed by atoms with Crippen LogP contribution in [0.5, 0.6) is 0 Å². The maximum absolute atomic E-state index is 8.80. The van der Waals surface area contributed by atoms with E-state index in [1.807, 2.05) is 13.0 Å². The van der Waals surface area contributed by atoms with Gasteiger partial charge in [0.05, 0.1) is 4.91 Å². The van der Waals surface area contributed by atoms with Gasteiger partial charge in [-0.3, -0.25) is 0 Å². The maximum atomic E-state index is 8.80. The first-order valence-electron chi connectivity index (χ1n) is 3.49. The number of hydrogen-bond donors (Lipinski definition) is 2. The molecule has 0 saturated carbocycles. The minimum Gasteiger partial charge on any atom is -0.494 e. The zero-order valence-corrected chi connectivity index (χ0v) is 7.93. The van der Waals surface area contributed by atoms with Gasteiger partial charge in [-0.1, -0.05) is 6.92 Å². The first-order valence-corrected chi connectivity index (χ1v) is 4.47. The van der Waals surface area contributed by atoms with Crippen LogP contribution in [-0.2, 0) is 0 Å². The van der Waals surface area contributed by atoms with Crippen molar-refractivity contribution in [3.8, 4) is 12.1 Å². The summed E-state index contributed by atoms with van der Waals surface area (Å²) in [7, 11) is 0. The highest BCUT2D eigenvalue weighted by molar-refractivity contribution is 8.03. The van der Waals surface area contributed by atoms with Crippen molar-refractivity contribution in [1.29, 1.82) is 10.5 Å². The first kappa shape index (κ1) is 11.4. The Labute approximate surface area is 81.0 Å². The van der Waals surface area contributed by atoms with Crippen LogP contribution in [-0.4, -0.2) is 10.9 Å². The van der Waals surface area contributed by atoms with Gasteiger partial charge in [-0.15, -0.1) is 11.8 Å². The Hall–Kier alpha value is -1.59. The Balaban J connectivity index is 4.82. The van der Waals surface area contributed by atoms with Gasteiger partial charge in [-0.25, -0.2) is 0 Å². The lowest BCUT2D eigenvalue weighted by molar-refractivity contribution is 0.402. The second-order valence-corrected chi connectivity index (χ2v) is 3.27. The van der Waals surface area contributed by atoms with E-state index in [0.29, 0.717) is 4.91 Å². The lowest BCUT2D eigenvalue weighted by Crippen LogP contribution is -1.98. The molecule has 0 unspecified atom stereocenters. The minimum absolute atomic E-state index is 0.0856. The van der Waals surface area contributed by atoms with E-state index in [-0.39, 0.29) is 5.57 Å². The van der Waals surface area contributed by atoms with Gasteiger partial charge in [0.2, 0.25) is 0 Å². The molecule has 0 rings (SSSR count). The van der Waals surface area contributed by atoms with Gasteiger partial charge in [0.1, 0.15) is 17.7 Å². The van der Waals surface area contributed by atoms with E-state index in [4.69, 9.17) is 21.4 Å². The van der Waals surface area contributed by atoms with Crippen molar-refractivity contribution in [2.45, 2.75) is 6.92 Å². The Morgan fingerprint density at radius 2 is 2.15 bits per heavy atom. The highest BCUT2D eigenvalue weighted by Crippen LogP contribution is 2.16. The number of thioether (sulfide) groups is 1. The van der Waals surface area contributed by atoms with Crippen LogP contribution >= 0.6 is 11.8 Å². The van der Waals surface area contributed by atoms with Crippen molar-refractivity contribution in [1.82, 2.24) is 0 Å². The molecule has 0 amide bonds. The number of nitrogens with two attached hydrogens (primary N) is 1. The van der Waals surface area contributed by atoms with Crippen LogP contribution in [0.3, 0.4) is 0 Å². The van der Waals surface area contributed by atoms with Crippen LogP contribution in [0.15, 0.2) is 22.4 Å². The van der Waals surface area contributed by atoms with E-state index in [1.54, 1.807) is 6.07 Å². The molecule has 0 spiro atoms. The van der Waals surface area contributed by atoms with Crippen LogP contribution < -0.4 is 5.73 Å². The topological polar surface area (TPSA) is 93.8 Å². The molecular formula is C8H9N3OS. The molecule has 0 fully saturated rings. The predicted octanol–water partition coefficient (Wildman–Crippen LogP) is 1.40. The van der Waals surface area contributed by atoms with Gasteiger partial charge in [0, 0.05) is 0 Å². The summed E-state index contributed by atoms with van der Waals surface area (Å²) in [5.41, 5.74) is 4.91. The van der Waals surface area contributed by atoms with Crippen molar-refractivity contribution in [2.75, 3.05) is 5.75 Å². The number of aliphatic hydroxyl groups is 1. The van der Waals surface area contributed by atoms with Crippen molar-refractivity contribution >= 4 is 11.8 Å². The fourth-order valence-electron chi connectivity index (χ4n) is 0.556. The van der Waals surface area contributed by atoms with Gasteiger partial charge in [-0.2, -0.15) is 10.5 Å². The Morgan fingerprint density at radius 1 is 1.54 bits per heavy atom. The molecule has 0 aliphatic heterocycles. The summed E-state index contributed by atoms with van der Waals surface area (Å²) in [6.07, 6.45) is 1.27. The third-order valence-electron chi connectivity index (χ3n) is 1.08. The van der Waals surface area contributed by atoms with E-state index in [1.165, 1.54) is 17.8 Å². The van der Waals surface area contributed by atoms with Crippen LogP contribution in [0, 0.1) is 22.7 Å². The number of rotatable bonds is 3. The zero-order chi connectivity index (χ0) is 10.3. The number of aliphatic hydroxyl groups excluding tert-OH is 1. The van der Waals surface area contributed by atoms with Crippen molar-refractivity contribution in [2.24, 2.45) is 5.73 Å². The molecule has 13 heavy (non-hydrogen) atoms. The van der Waals surface area contributed by atoms with Crippen molar-refractivity contribution in [3.63, 3.8) is 0 Å². The SMILES string of the molecule is CCS/C(C#N)=C/C(C#N)=C(/N)O. The molecule has 0 saturated heterocycles. The molecule has 3 N–H and O–H groups in total. The Morgan fingerprint density at radius 3 is 2.46 bits per heavy atom. The van der Waals surface area contributed by atoms with E-state index < -0.39 is 5.88 Å². The standard InChI is InChI=1S/C8H9N3OS/c1-2-13-7(5-10)3-6(4-9)8(11)12/h3,12H,2,11H2,1H3/b7-3+,8-6+. The average molecular weight is 195 g/mol. The van der Waals surface area contributed by atoms with Crippen LogP contribution in [0.25, 0.3) is 0 Å². The molecule has 5 heteroatoms. The van der Waals surface area contributed by atoms with Gasteiger partial charge < -0.3 is 10.8 Å². The maximum Gasteiger partial charge on any atom is 0.199 e. The molecule has 0 radical (unpaired) electrons. The molecule has 0 aliphatic rings. The van der Waals surface area contributed by atoms with Crippen molar-refractivity contribution < 1.29 is 5.11 Å². The third kappa shape index (κ3) is 4.09. The summed E-state index contributed by atoms with van der Waals surface area (Å²) < 4.78 is 0. The Bertz CT molecular complexity index is 315. The summed E-state index contributed by atoms with van der Waals surface area (Å²) in [6.45, 7) is 1.88. The summed E-state index contributed by atoms with van der Waals surface area (Å²) in [4.78, 5) is 0.357. The molecule has 0 bridgehead atoms. The van der Waals surface area contributed by atoms with E-state index in [9.17, 15) is 0 Å². The highest BCUT2D eigenvalue weighted by atomic mass is 32.2. The minimum atomic E-state index is -0.563. The van der Waals surface area contributed by atoms with E-state index in [0.717, 1.165) is 5.75 Å². The number of allylic oxidation sites excluding steroid dienone is 3. The second-order valence-electron chi connectivity index (χ2n) is 1.96. The molecule has 0 aliphatic carbocycles. The quantitative estimate of drug-likeness (QED) is 0.403. The van der Waals surface area contributed by atoms with E-state index in [2.05, 4.69) is 0 Å². The van der Waals surface area contributed by atoms with Gasteiger partial charge in [0.25, 0.3) is 0 Å². The van der Waals surface area contributed by atoms with Gasteiger partial charge in [0.15, 0.2) is 5.88 Å². The van der Waals surface area contributed by atoms with Crippen LogP contribution in [0.4, 0.5) is 0 Å². The molecule has 0 aromatic carbocycles. The normalized spacial score (nSPS) is 12.7. The largest absolute Gasteiger partial charge is 0.494 e. The van der Waals surface area contributed by atoms with Crippen LogP contribution in [0.1, 0.15) is 6.92 Å². The molecule has 0 aromatic rings. The number of nitriles is 2. The monoisotopic (exact) mass is 195 g/mol. The smallest absolute Gasteiger partial charge is 0.199 e. The molecule has 0 aromatic heterocycles. The summed E-state index contributed by atoms with van der Waals surface area (Å²) in [6, 6.07) is 3.58. The summed E-state index contributed by atoms with van der Waals surface area (Å²) in [5, 5.41) is 25.9. The lowest BCUT2D eigenvalue weighted by atomic mass is 10.3. The first-order chi connectivity index (χ1) is 6.15. The molecule has 68 valence electrons. The Kier molecular flexibility index (Phi) is 5.25. The molecule has 0 atom stereocenters. The predicted molar refractivity (Wildman–Crippen MR) is 51.3 cm³/mol. The van der Waals surface area contributed by atoms with Crippen LogP contribution in [0.2, 0.25) is 0 Å². The van der Waals surface area contributed by atoms with Crippen molar-refractivity contribution in [3.05, 3.63) is 22.4 Å². The number of hydrogen-bond acceptors (Lipinski definition) is 5. The molecular weight excluding hydrogens is 186 g/mol. The third-order valence-corrected chi connectivity index (χ3v) is 1.89. The highest BCUT2D eigenvalue weighted by Gasteiger charge is 2.01.